The summed E-state index contributed by atoms with van der Waals surface area (Å²) in [5.41, 5.74) is 3.72. The molecule has 5 nitrogen and oxygen atoms in total. The van der Waals surface area contributed by atoms with E-state index >= 15 is 0 Å². The van der Waals surface area contributed by atoms with E-state index in [-0.39, 0.29) is 0 Å². The number of nitrogens with one attached hydrogen (secondary N) is 1. The smallest absolute Gasteiger partial charge is 0.0641 e. The Morgan fingerprint density at radius 3 is 2.60 bits per heavy atom. The molecule has 2 aromatic heterocycles. The van der Waals surface area contributed by atoms with Gasteiger partial charge in [-0.3, -0.25) is 9.36 Å². The predicted molar refractivity (Wildman–Crippen MR) is 80.5 cm³/mol. The molecule has 1 unspecified atom stereocenters. The Kier molecular flexibility index (Phi) is 4.95. The zero-order valence-corrected chi connectivity index (χ0v) is 12.9. The van der Waals surface area contributed by atoms with Crippen LogP contribution in [-0.4, -0.2) is 26.1 Å². The molecule has 20 heavy (non-hydrogen) atoms. The van der Waals surface area contributed by atoms with Crippen LogP contribution in [0, 0.1) is 6.92 Å². The molecule has 0 bridgehead atoms. The van der Waals surface area contributed by atoms with Gasteiger partial charge in [0.25, 0.3) is 0 Å². The summed E-state index contributed by atoms with van der Waals surface area (Å²) in [5, 5.41) is 12.3. The van der Waals surface area contributed by atoms with Crippen molar-refractivity contribution in [1.82, 2.24) is 24.9 Å². The number of rotatable bonds is 7. The van der Waals surface area contributed by atoms with Crippen molar-refractivity contribution in [1.29, 1.82) is 0 Å². The molecule has 0 spiro atoms. The Labute approximate surface area is 121 Å². The summed E-state index contributed by atoms with van der Waals surface area (Å²) in [7, 11) is 3.94. The summed E-state index contributed by atoms with van der Waals surface area (Å²) in [6.07, 6.45) is 9.41. The van der Waals surface area contributed by atoms with Gasteiger partial charge in [0.1, 0.15) is 0 Å². The van der Waals surface area contributed by atoms with Crippen LogP contribution in [0.3, 0.4) is 0 Å². The second-order valence-corrected chi connectivity index (χ2v) is 5.41. The highest BCUT2D eigenvalue weighted by molar-refractivity contribution is 5.20. The molecule has 2 heterocycles. The molecule has 0 radical (unpaired) electrons. The molecule has 0 aliphatic heterocycles. The van der Waals surface area contributed by atoms with Crippen molar-refractivity contribution in [2.24, 2.45) is 14.1 Å². The second kappa shape index (κ2) is 6.70. The largest absolute Gasteiger partial charge is 0.310 e. The van der Waals surface area contributed by atoms with Gasteiger partial charge in [0.2, 0.25) is 0 Å². The molecular formula is C15H25N5. The minimum Gasteiger partial charge on any atom is -0.310 e. The second-order valence-electron chi connectivity index (χ2n) is 5.41. The summed E-state index contributed by atoms with van der Waals surface area (Å²) in [4.78, 5) is 0. The monoisotopic (exact) mass is 275 g/mol. The van der Waals surface area contributed by atoms with E-state index in [4.69, 9.17) is 0 Å². The van der Waals surface area contributed by atoms with E-state index in [0.717, 1.165) is 31.5 Å². The van der Waals surface area contributed by atoms with E-state index in [1.165, 1.54) is 11.1 Å². The lowest BCUT2D eigenvalue weighted by Crippen LogP contribution is -2.23. The van der Waals surface area contributed by atoms with E-state index in [2.05, 4.69) is 41.8 Å². The van der Waals surface area contributed by atoms with Gasteiger partial charge in [0, 0.05) is 38.1 Å². The number of hydrogen-bond acceptors (Lipinski definition) is 3. The summed E-state index contributed by atoms with van der Waals surface area (Å²) < 4.78 is 3.76. The summed E-state index contributed by atoms with van der Waals surface area (Å²) >= 11 is 0. The summed E-state index contributed by atoms with van der Waals surface area (Å²) in [5.74, 6) is 0. The van der Waals surface area contributed by atoms with Crippen LogP contribution in [0.4, 0.5) is 0 Å². The molecule has 0 aliphatic rings. The van der Waals surface area contributed by atoms with E-state index in [0.29, 0.717) is 6.04 Å². The fourth-order valence-corrected chi connectivity index (χ4v) is 2.56. The van der Waals surface area contributed by atoms with Crippen molar-refractivity contribution in [2.75, 3.05) is 6.54 Å². The average molecular weight is 275 g/mol. The van der Waals surface area contributed by atoms with E-state index in [1.54, 1.807) is 0 Å². The first-order valence-corrected chi connectivity index (χ1v) is 7.31. The lowest BCUT2D eigenvalue weighted by molar-refractivity contribution is 0.497. The molecule has 0 amide bonds. The average Bonchev–Trinajstić information content (AvgIpc) is 2.96. The number of aryl methyl sites for hydroxylation is 4. The topological polar surface area (TPSA) is 47.7 Å². The fraction of sp³-hybridized carbons (Fsp3) is 0.600. The van der Waals surface area contributed by atoms with Crippen LogP contribution in [0.25, 0.3) is 0 Å². The first kappa shape index (κ1) is 14.8. The molecule has 1 N–H and O–H groups in total. The Hall–Kier alpha value is -1.62. The molecule has 1 atom stereocenters. The third kappa shape index (κ3) is 3.70. The highest BCUT2D eigenvalue weighted by Crippen LogP contribution is 2.21. The maximum absolute atomic E-state index is 4.46. The highest BCUT2D eigenvalue weighted by atomic mass is 15.3. The van der Waals surface area contributed by atoms with Crippen molar-refractivity contribution in [2.45, 2.75) is 39.2 Å². The number of nitrogens with zero attached hydrogens (tertiary/aromatic N) is 4. The lowest BCUT2D eigenvalue weighted by atomic mass is 10.0. The van der Waals surface area contributed by atoms with Crippen molar-refractivity contribution in [3.63, 3.8) is 0 Å². The summed E-state index contributed by atoms with van der Waals surface area (Å²) in [6.45, 7) is 5.31. The van der Waals surface area contributed by atoms with Crippen LogP contribution in [-0.2, 0) is 20.5 Å². The van der Waals surface area contributed by atoms with Crippen molar-refractivity contribution in [3.05, 3.63) is 35.4 Å². The van der Waals surface area contributed by atoms with Crippen LogP contribution in [0.5, 0.6) is 0 Å². The van der Waals surface area contributed by atoms with Crippen molar-refractivity contribution < 1.29 is 0 Å². The molecule has 0 fully saturated rings. The number of hydrogen-bond donors (Lipinski definition) is 1. The molecular weight excluding hydrogens is 250 g/mol. The van der Waals surface area contributed by atoms with Crippen LogP contribution >= 0.6 is 0 Å². The molecule has 5 heteroatoms. The third-order valence-electron chi connectivity index (χ3n) is 3.55. The maximum Gasteiger partial charge on any atom is 0.0641 e. The third-order valence-corrected chi connectivity index (χ3v) is 3.55. The van der Waals surface area contributed by atoms with Crippen molar-refractivity contribution >= 4 is 0 Å². The predicted octanol–water partition coefficient (Wildman–Crippen LogP) is 2.14. The Bertz CT molecular complexity index is 540. The lowest BCUT2D eigenvalue weighted by Gasteiger charge is -2.17. The minimum absolute atomic E-state index is 0.365. The molecule has 0 aliphatic carbocycles. The highest BCUT2D eigenvalue weighted by Gasteiger charge is 2.16. The van der Waals surface area contributed by atoms with Gasteiger partial charge in [0.05, 0.1) is 11.9 Å². The van der Waals surface area contributed by atoms with Gasteiger partial charge in [-0.05, 0) is 38.3 Å². The minimum atomic E-state index is 0.365. The van der Waals surface area contributed by atoms with Crippen LogP contribution in [0.2, 0.25) is 0 Å². The van der Waals surface area contributed by atoms with Crippen LogP contribution < -0.4 is 5.32 Å². The normalized spacial score (nSPS) is 12.8. The first-order chi connectivity index (χ1) is 9.60. The molecule has 0 saturated carbocycles. The quantitative estimate of drug-likeness (QED) is 0.842. The Morgan fingerprint density at radius 2 is 2.05 bits per heavy atom. The van der Waals surface area contributed by atoms with E-state index in [1.807, 2.05) is 29.7 Å². The van der Waals surface area contributed by atoms with E-state index < -0.39 is 0 Å². The van der Waals surface area contributed by atoms with Gasteiger partial charge in [-0.1, -0.05) is 6.92 Å². The molecule has 110 valence electrons. The van der Waals surface area contributed by atoms with Gasteiger partial charge in [0.15, 0.2) is 0 Å². The fourth-order valence-electron chi connectivity index (χ4n) is 2.56. The van der Waals surface area contributed by atoms with Gasteiger partial charge < -0.3 is 5.32 Å². The van der Waals surface area contributed by atoms with E-state index in [9.17, 15) is 0 Å². The van der Waals surface area contributed by atoms with Gasteiger partial charge in [-0.15, -0.1) is 0 Å². The molecule has 2 aromatic rings. The van der Waals surface area contributed by atoms with Gasteiger partial charge in [-0.25, -0.2) is 0 Å². The van der Waals surface area contributed by atoms with Crippen molar-refractivity contribution in [3.8, 4) is 0 Å². The zero-order valence-electron chi connectivity index (χ0n) is 12.9. The van der Waals surface area contributed by atoms with Crippen LogP contribution in [0.15, 0.2) is 18.6 Å². The Balaban J connectivity index is 2.05. The maximum atomic E-state index is 4.46. The standard InChI is InChI=1S/C15H25N5/c1-5-8-16-15(14-11-20(4)18-12(14)2)7-6-13-9-17-19(3)10-13/h9-11,15-16H,5-8H2,1-4H3. The van der Waals surface area contributed by atoms with Crippen LogP contribution in [0.1, 0.15) is 42.6 Å². The zero-order chi connectivity index (χ0) is 14.5. The summed E-state index contributed by atoms with van der Waals surface area (Å²) in [6, 6.07) is 0.365. The van der Waals surface area contributed by atoms with Gasteiger partial charge in [-0.2, -0.15) is 10.2 Å². The Morgan fingerprint density at radius 1 is 1.25 bits per heavy atom. The van der Waals surface area contributed by atoms with Gasteiger partial charge >= 0.3 is 0 Å². The number of aromatic nitrogens is 4. The molecule has 0 aromatic carbocycles. The molecule has 2 rings (SSSR count). The SMILES string of the molecule is CCCNC(CCc1cnn(C)c1)c1cn(C)nc1C. The first-order valence-electron chi connectivity index (χ1n) is 7.31. The molecule has 0 saturated heterocycles.